The number of hydrogen-bond donors (Lipinski definition) is 0. The summed E-state index contributed by atoms with van der Waals surface area (Å²) in [6, 6.07) is 0. The van der Waals surface area contributed by atoms with Crippen LogP contribution < -0.4 is 0 Å². The summed E-state index contributed by atoms with van der Waals surface area (Å²) in [4.78, 5) is 19.2. The van der Waals surface area contributed by atoms with Gasteiger partial charge in [-0.15, -0.1) is 0 Å². The van der Waals surface area contributed by atoms with Crippen molar-refractivity contribution in [1.82, 2.24) is 4.90 Å². The summed E-state index contributed by atoms with van der Waals surface area (Å²) in [7, 11) is 0. The fraction of sp³-hybridized carbons (Fsp3) is 0.448. The molecule has 1 fully saturated rings. The smallest absolute Gasteiger partial charge is 0.344 e. The molecular formula is C29H36N2O3. The average molecular weight is 461 g/mol. The van der Waals surface area contributed by atoms with Crippen LogP contribution in [0.15, 0.2) is 87.6 Å². The van der Waals surface area contributed by atoms with Gasteiger partial charge < -0.3 is 14.4 Å². The van der Waals surface area contributed by atoms with Crippen molar-refractivity contribution in [3.63, 3.8) is 0 Å². The lowest BCUT2D eigenvalue weighted by atomic mass is 9.96. The minimum Gasteiger partial charge on any atom is -0.482 e. The molecular weight excluding hydrogens is 424 g/mol. The monoisotopic (exact) mass is 460 g/mol. The maximum atomic E-state index is 11.9. The number of ether oxygens (including phenoxy) is 2. The van der Waals surface area contributed by atoms with Crippen molar-refractivity contribution in [2.45, 2.75) is 59.8 Å². The Bertz CT molecular complexity index is 1050. The normalized spacial score (nSPS) is 24.7. The van der Waals surface area contributed by atoms with Gasteiger partial charge in [-0.2, -0.15) is 0 Å². The van der Waals surface area contributed by atoms with E-state index >= 15 is 0 Å². The van der Waals surface area contributed by atoms with E-state index in [9.17, 15) is 4.79 Å². The Balaban J connectivity index is 1.58. The molecule has 2 bridgehead atoms. The Morgan fingerprint density at radius 3 is 2.65 bits per heavy atom. The summed E-state index contributed by atoms with van der Waals surface area (Å²) < 4.78 is 11.0. The van der Waals surface area contributed by atoms with Gasteiger partial charge >= 0.3 is 5.97 Å². The quantitative estimate of drug-likeness (QED) is 0.247. The second-order valence-electron chi connectivity index (χ2n) is 9.34. The zero-order chi connectivity index (χ0) is 24.1. The van der Waals surface area contributed by atoms with E-state index < -0.39 is 0 Å². The summed E-state index contributed by atoms with van der Waals surface area (Å²) in [5.74, 6) is 2.63. The van der Waals surface area contributed by atoms with Crippen molar-refractivity contribution in [2.24, 2.45) is 16.8 Å². The van der Waals surface area contributed by atoms with Crippen LogP contribution in [-0.4, -0.2) is 29.9 Å². The number of hydrogen-bond acceptors (Lipinski definition) is 5. The van der Waals surface area contributed by atoms with Gasteiger partial charge in [0.15, 0.2) is 6.61 Å². The molecule has 0 aromatic rings. The van der Waals surface area contributed by atoms with Crippen LogP contribution in [0.5, 0.6) is 0 Å². The third kappa shape index (κ3) is 5.52. The van der Waals surface area contributed by atoms with Crippen molar-refractivity contribution in [3.05, 3.63) is 82.6 Å². The molecule has 0 radical (unpaired) electrons. The predicted molar refractivity (Wildman–Crippen MR) is 137 cm³/mol. The summed E-state index contributed by atoms with van der Waals surface area (Å²) >= 11 is 0. The Hall–Kier alpha value is -3.08. The Kier molecular flexibility index (Phi) is 7.71. The minimum absolute atomic E-state index is 0.0682. The second kappa shape index (κ2) is 10.9. The summed E-state index contributed by atoms with van der Waals surface area (Å²) in [6.07, 6.45) is 22.5. The van der Waals surface area contributed by atoms with Gasteiger partial charge in [-0.05, 0) is 88.5 Å². The van der Waals surface area contributed by atoms with Crippen molar-refractivity contribution < 1.29 is 14.3 Å². The third-order valence-corrected chi connectivity index (χ3v) is 6.88. The first kappa shape index (κ1) is 24.1. The van der Waals surface area contributed by atoms with Crippen LogP contribution in [0.1, 0.15) is 59.8 Å². The number of fused-ring (bicyclic) bond motifs is 2. The molecule has 5 heteroatoms. The molecule has 2 aliphatic heterocycles. The molecule has 1 saturated carbocycles. The van der Waals surface area contributed by atoms with Crippen LogP contribution in [-0.2, 0) is 14.3 Å². The summed E-state index contributed by atoms with van der Waals surface area (Å²) in [5.41, 5.74) is 5.64. The second-order valence-corrected chi connectivity index (χ2v) is 9.34. The Morgan fingerprint density at radius 1 is 1.18 bits per heavy atom. The highest BCUT2D eigenvalue weighted by Gasteiger charge is 2.35. The molecule has 0 N–H and O–H groups in total. The maximum Gasteiger partial charge on any atom is 0.344 e. The van der Waals surface area contributed by atoms with Crippen molar-refractivity contribution in [1.29, 1.82) is 0 Å². The molecule has 2 unspecified atom stereocenters. The van der Waals surface area contributed by atoms with E-state index in [-0.39, 0.29) is 12.6 Å². The molecule has 4 aliphatic rings. The molecule has 0 aromatic heterocycles. The molecule has 180 valence electrons. The first-order chi connectivity index (χ1) is 16.5. The molecule has 0 saturated heterocycles. The fourth-order valence-corrected chi connectivity index (χ4v) is 5.16. The predicted octanol–water partition coefficient (Wildman–Crippen LogP) is 6.51. The number of esters is 1. The average Bonchev–Trinajstić information content (AvgIpc) is 3.36. The van der Waals surface area contributed by atoms with Gasteiger partial charge in [0, 0.05) is 17.8 Å². The fourth-order valence-electron chi connectivity index (χ4n) is 5.16. The van der Waals surface area contributed by atoms with E-state index in [4.69, 9.17) is 14.5 Å². The van der Waals surface area contributed by atoms with Crippen LogP contribution >= 0.6 is 0 Å². The third-order valence-electron chi connectivity index (χ3n) is 6.88. The molecule has 4 rings (SSSR count). The number of carbonyl (C=O) groups excluding carboxylic acids is 1. The van der Waals surface area contributed by atoms with Gasteiger partial charge in [0.1, 0.15) is 11.6 Å². The van der Waals surface area contributed by atoms with E-state index in [0.29, 0.717) is 18.4 Å². The topological polar surface area (TPSA) is 51.1 Å². The molecule has 2 heterocycles. The molecule has 0 aromatic carbocycles. The number of nitrogens with zero attached hydrogens (tertiary/aromatic N) is 2. The number of rotatable bonds is 7. The first-order valence-electron chi connectivity index (χ1n) is 12.4. The number of carbonyl (C=O) groups is 1. The van der Waals surface area contributed by atoms with E-state index in [1.165, 1.54) is 36.2 Å². The molecule has 0 spiro atoms. The van der Waals surface area contributed by atoms with Crippen LogP contribution in [0.4, 0.5) is 0 Å². The van der Waals surface area contributed by atoms with E-state index in [1.54, 1.807) is 6.92 Å². The lowest BCUT2D eigenvalue weighted by Crippen LogP contribution is -2.28. The maximum absolute atomic E-state index is 11.9. The van der Waals surface area contributed by atoms with E-state index in [0.717, 1.165) is 35.7 Å². The van der Waals surface area contributed by atoms with Gasteiger partial charge in [0.2, 0.25) is 0 Å². The molecule has 0 amide bonds. The zero-order valence-electron chi connectivity index (χ0n) is 20.8. The largest absolute Gasteiger partial charge is 0.482 e. The molecule has 2 atom stereocenters. The van der Waals surface area contributed by atoms with Crippen LogP contribution in [0, 0.1) is 11.8 Å². The highest BCUT2D eigenvalue weighted by Crippen LogP contribution is 2.46. The molecule has 34 heavy (non-hydrogen) atoms. The van der Waals surface area contributed by atoms with E-state index in [1.807, 2.05) is 6.08 Å². The standard InChI is InChI=1S/C29H36N2O3/c1-5-33-29(32)19-34-27(25-18-23-14-15-24(25)17-23)16-13-20(2)26-11-6-7-12-28(30-26)31-21(3)9-8-10-22(31)4/h6-7,9-11,13,16,18,23-24H,5,8,12,14-15,17,19H2,1-4H3/b20-13+,27-16+. The summed E-state index contributed by atoms with van der Waals surface area (Å²) in [5, 5.41) is 0. The lowest BCUT2D eigenvalue weighted by Gasteiger charge is -2.29. The number of aliphatic imine (C=N–C) groups is 1. The van der Waals surface area contributed by atoms with Crippen LogP contribution in [0.25, 0.3) is 0 Å². The SMILES string of the molecule is CCOC(=O)CO/C(=C/C=C(\C)C1=CC=CCC(N2C(C)=CCC=C2C)=N1)C1=CC2CCC1C2. The van der Waals surface area contributed by atoms with Gasteiger partial charge in [-0.1, -0.05) is 36.5 Å². The highest BCUT2D eigenvalue weighted by atomic mass is 16.6. The number of allylic oxidation sites excluding steroid dienone is 11. The van der Waals surface area contributed by atoms with Crippen molar-refractivity contribution >= 4 is 11.8 Å². The van der Waals surface area contributed by atoms with Gasteiger partial charge in [0.25, 0.3) is 0 Å². The van der Waals surface area contributed by atoms with Gasteiger partial charge in [0.05, 0.1) is 12.3 Å². The highest BCUT2D eigenvalue weighted by molar-refractivity contribution is 5.88. The van der Waals surface area contributed by atoms with Crippen molar-refractivity contribution in [3.8, 4) is 0 Å². The molecule has 2 aliphatic carbocycles. The Morgan fingerprint density at radius 2 is 1.97 bits per heavy atom. The molecule has 5 nitrogen and oxygen atoms in total. The summed E-state index contributed by atoms with van der Waals surface area (Å²) in [6.45, 7) is 8.44. The first-order valence-corrected chi connectivity index (χ1v) is 12.4. The van der Waals surface area contributed by atoms with Crippen LogP contribution in [0.3, 0.4) is 0 Å². The van der Waals surface area contributed by atoms with Crippen molar-refractivity contribution in [2.75, 3.05) is 13.2 Å². The minimum atomic E-state index is -0.336. The van der Waals surface area contributed by atoms with E-state index in [2.05, 4.69) is 68.2 Å². The van der Waals surface area contributed by atoms with Crippen LogP contribution in [0.2, 0.25) is 0 Å². The van der Waals surface area contributed by atoms with Gasteiger partial charge in [-0.3, -0.25) is 0 Å². The Labute approximate surface area is 203 Å². The lowest BCUT2D eigenvalue weighted by molar-refractivity contribution is -0.146. The van der Waals surface area contributed by atoms with Gasteiger partial charge in [-0.25, -0.2) is 9.79 Å². The number of amidine groups is 1. The zero-order valence-corrected chi connectivity index (χ0v) is 20.8.